The predicted molar refractivity (Wildman–Crippen MR) is 52.3 cm³/mol. The summed E-state index contributed by atoms with van der Waals surface area (Å²) in [6.45, 7) is 4.00. The van der Waals surface area contributed by atoms with Crippen LogP contribution < -0.4 is 5.32 Å². The Morgan fingerprint density at radius 1 is 1.62 bits per heavy atom. The quantitative estimate of drug-likeness (QED) is 0.737. The van der Waals surface area contributed by atoms with E-state index in [4.69, 9.17) is 0 Å². The van der Waals surface area contributed by atoms with Crippen LogP contribution in [0.5, 0.6) is 0 Å². The molecule has 0 bridgehead atoms. The van der Waals surface area contributed by atoms with Crippen molar-refractivity contribution in [3.05, 3.63) is 18.2 Å². The van der Waals surface area contributed by atoms with E-state index in [1.165, 1.54) is 0 Å². The number of aromatic amines is 1. The molecule has 2 N–H and O–H groups in total. The van der Waals surface area contributed by atoms with Gasteiger partial charge in [-0.25, -0.2) is 4.98 Å². The SMILES string of the molecule is CC.CNC(=O)CCc1cnc[nH]1. The molecule has 0 saturated heterocycles. The highest BCUT2D eigenvalue weighted by Crippen LogP contribution is 1.95. The van der Waals surface area contributed by atoms with E-state index in [0.717, 1.165) is 12.1 Å². The van der Waals surface area contributed by atoms with E-state index in [1.54, 1.807) is 19.6 Å². The zero-order valence-corrected chi connectivity index (χ0v) is 8.42. The number of hydrogen-bond acceptors (Lipinski definition) is 2. The zero-order chi connectivity index (χ0) is 10.1. The molecule has 1 heterocycles. The number of H-pyrrole nitrogens is 1. The van der Waals surface area contributed by atoms with E-state index >= 15 is 0 Å². The van der Waals surface area contributed by atoms with E-state index in [2.05, 4.69) is 15.3 Å². The molecular weight excluding hydrogens is 166 g/mol. The van der Waals surface area contributed by atoms with Gasteiger partial charge in [0.25, 0.3) is 0 Å². The fourth-order valence-electron chi connectivity index (χ4n) is 0.795. The lowest BCUT2D eigenvalue weighted by Crippen LogP contribution is -2.17. The van der Waals surface area contributed by atoms with Gasteiger partial charge in [-0.05, 0) is 6.42 Å². The second kappa shape index (κ2) is 7.34. The lowest BCUT2D eigenvalue weighted by atomic mass is 10.2. The Morgan fingerprint density at radius 2 is 2.31 bits per heavy atom. The van der Waals surface area contributed by atoms with E-state index in [1.807, 2.05) is 13.8 Å². The molecule has 1 aromatic rings. The Bertz CT molecular complexity index is 219. The smallest absolute Gasteiger partial charge is 0.220 e. The predicted octanol–water partition coefficient (Wildman–Crippen LogP) is 1.11. The molecule has 1 rings (SSSR count). The van der Waals surface area contributed by atoms with Crippen LogP contribution >= 0.6 is 0 Å². The van der Waals surface area contributed by atoms with Crippen LogP contribution in [-0.2, 0) is 11.2 Å². The third-order valence-corrected chi connectivity index (χ3v) is 1.46. The lowest BCUT2D eigenvalue weighted by Gasteiger charge is -1.95. The molecule has 0 aliphatic rings. The summed E-state index contributed by atoms with van der Waals surface area (Å²) in [5, 5.41) is 2.55. The molecule has 4 heteroatoms. The molecule has 4 nitrogen and oxygen atoms in total. The van der Waals surface area contributed by atoms with Gasteiger partial charge in [-0.3, -0.25) is 4.79 Å². The zero-order valence-electron chi connectivity index (χ0n) is 8.42. The van der Waals surface area contributed by atoms with Gasteiger partial charge < -0.3 is 10.3 Å². The van der Waals surface area contributed by atoms with Crippen molar-refractivity contribution in [2.75, 3.05) is 7.05 Å². The summed E-state index contributed by atoms with van der Waals surface area (Å²) >= 11 is 0. The molecule has 0 spiro atoms. The molecule has 0 aliphatic heterocycles. The van der Waals surface area contributed by atoms with Crippen molar-refractivity contribution in [3.63, 3.8) is 0 Å². The maximum absolute atomic E-state index is 10.8. The number of nitrogens with zero attached hydrogens (tertiary/aromatic N) is 1. The first kappa shape index (κ1) is 11.7. The Hall–Kier alpha value is -1.32. The minimum Gasteiger partial charge on any atom is -0.359 e. The summed E-state index contributed by atoms with van der Waals surface area (Å²) in [7, 11) is 1.63. The van der Waals surface area contributed by atoms with Gasteiger partial charge in [-0.2, -0.15) is 0 Å². The minimum absolute atomic E-state index is 0.0552. The molecule has 74 valence electrons. The van der Waals surface area contributed by atoms with Crippen LogP contribution in [0.4, 0.5) is 0 Å². The van der Waals surface area contributed by atoms with Crippen LogP contribution in [0.2, 0.25) is 0 Å². The molecule has 0 unspecified atom stereocenters. The molecule has 1 amide bonds. The van der Waals surface area contributed by atoms with Crippen LogP contribution in [0.1, 0.15) is 26.0 Å². The van der Waals surface area contributed by atoms with Gasteiger partial charge in [-0.15, -0.1) is 0 Å². The van der Waals surface area contributed by atoms with E-state index in [-0.39, 0.29) is 5.91 Å². The summed E-state index contributed by atoms with van der Waals surface area (Å²) in [5.74, 6) is 0.0552. The topological polar surface area (TPSA) is 57.8 Å². The third-order valence-electron chi connectivity index (χ3n) is 1.46. The summed E-state index contributed by atoms with van der Waals surface area (Å²) in [5.41, 5.74) is 0.994. The van der Waals surface area contributed by atoms with Gasteiger partial charge in [-0.1, -0.05) is 13.8 Å². The molecule has 0 atom stereocenters. The number of amides is 1. The van der Waals surface area contributed by atoms with Crippen molar-refractivity contribution < 1.29 is 4.79 Å². The van der Waals surface area contributed by atoms with E-state index < -0.39 is 0 Å². The van der Waals surface area contributed by atoms with Crippen LogP contribution in [0.15, 0.2) is 12.5 Å². The van der Waals surface area contributed by atoms with E-state index in [0.29, 0.717) is 6.42 Å². The fraction of sp³-hybridized carbons (Fsp3) is 0.556. The van der Waals surface area contributed by atoms with Crippen molar-refractivity contribution in [1.82, 2.24) is 15.3 Å². The first-order valence-electron chi connectivity index (χ1n) is 4.50. The van der Waals surface area contributed by atoms with Gasteiger partial charge in [0, 0.05) is 25.4 Å². The highest BCUT2D eigenvalue weighted by atomic mass is 16.1. The first-order chi connectivity index (χ1) is 6.33. The molecule has 0 radical (unpaired) electrons. The second-order valence-corrected chi connectivity index (χ2v) is 2.25. The molecule has 0 aliphatic carbocycles. The van der Waals surface area contributed by atoms with Crippen molar-refractivity contribution in [3.8, 4) is 0 Å². The maximum Gasteiger partial charge on any atom is 0.220 e. The number of hydrogen-bond donors (Lipinski definition) is 2. The highest BCUT2D eigenvalue weighted by molar-refractivity contribution is 5.75. The highest BCUT2D eigenvalue weighted by Gasteiger charge is 1.98. The number of rotatable bonds is 3. The fourth-order valence-corrected chi connectivity index (χ4v) is 0.795. The average molecular weight is 183 g/mol. The van der Waals surface area contributed by atoms with Gasteiger partial charge >= 0.3 is 0 Å². The molecule has 1 aromatic heterocycles. The number of carbonyl (C=O) groups is 1. The Morgan fingerprint density at radius 3 is 2.77 bits per heavy atom. The second-order valence-electron chi connectivity index (χ2n) is 2.25. The third kappa shape index (κ3) is 5.00. The number of nitrogens with one attached hydrogen (secondary N) is 2. The summed E-state index contributed by atoms with van der Waals surface area (Å²) in [6, 6.07) is 0. The maximum atomic E-state index is 10.8. The number of aryl methyl sites for hydroxylation is 1. The minimum atomic E-state index is 0.0552. The molecule has 0 saturated carbocycles. The summed E-state index contributed by atoms with van der Waals surface area (Å²) < 4.78 is 0. The van der Waals surface area contributed by atoms with Gasteiger partial charge in [0.1, 0.15) is 0 Å². The van der Waals surface area contributed by atoms with Crippen LogP contribution in [0.3, 0.4) is 0 Å². The van der Waals surface area contributed by atoms with E-state index in [9.17, 15) is 4.79 Å². The summed E-state index contributed by atoms with van der Waals surface area (Å²) in [4.78, 5) is 17.5. The van der Waals surface area contributed by atoms with Crippen LogP contribution in [0, 0.1) is 0 Å². The monoisotopic (exact) mass is 183 g/mol. The normalized spacial score (nSPS) is 8.54. The van der Waals surface area contributed by atoms with Crippen molar-refractivity contribution in [2.24, 2.45) is 0 Å². The largest absolute Gasteiger partial charge is 0.359 e. The standard InChI is InChI=1S/C7H11N3O.C2H6/c1-8-7(11)3-2-6-4-9-5-10-6;1-2/h4-5H,2-3H2,1H3,(H,8,11)(H,9,10);1-2H3. The molecular formula is C9H17N3O. The number of carbonyl (C=O) groups excluding carboxylic acids is 1. The first-order valence-corrected chi connectivity index (χ1v) is 4.50. The molecule has 0 fully saturated rings. The van der Waals surface area contributed by atoms with Gasteiger partial charge in [0.2, 0.25) is 5.91 Å². The van der Waals surface area contributed by atoms with Crippen LogP contribution in [0.25, 0.3) is 0 Å². The Labute approximate surface area is 78.8 Å². The number of aromatic nitrogens is 2. The van der Waals surface area contributed by atoms with Gasteiger partial charge in [0.15, 0.2) is 0 Å². The molecule has 13 heavy (non-hydrogen) atoms. The Kier molecular flexibility index (Phi) is 6.59. The van der Waals surface area contributed by atoms with Crippen LogP contribution in [-0.4, -0.2) is 22.9 Å². The van der Waals surface area contributed by atoms with Gasteiger partial charge in [0.05, 0.1) is 6.33 Å². The van der Waals surface area contributed by atoms with Crippen molar-refractivity contribution in [2.45, 2.75) is 26.7 Å². The van der Waals surface area contributed by atoms with Crippen molar-refractivity contribution in [1.29, 1.82) is 0 Å². The van der Waals surface area contributed by atoms with Crippen molar-refractivity contribution >= 4 is 5.91 Å². The summed E-state index contributed by atoms with van der Waals surface area (Å²) in [6.07, 6.45) is 4.57. The lowest BCUT2D eigenvalue weighted by molar-refractivity contribution is -0.120. The average Bonchev–Trinajstić information content (AvgIpc) is 2.70. The Balaban J connectivity index is 0.000000671. The molecule has 0 aromatic carbocycles. The number of imidazole rings is 1.